The molecule has 5 aromatic rings. The van der Waals surface area contributed by atoms with Crippen molar-refractivity contribution in [2.75, 3.05) is 16.8 Å². The first kappa shape index (κ1) is 27.5. The number of ether oxygens (including phenoxy) is 1. The van der Waals surface area contributed by atoms with Crippen LogP contribution < -0.4 is 15.0 Å². The zero-order chi connectivity index (χ0) is 28.2. The van der Waals surface area contributed by atoms with Gasteiger partial charge in [-0.1, -0.05) is 89.5 Å². The fourth-order valence-electron chi connectivity index (χ4n) is 3.78. The maximum atomic E-state index is 12.9. The van der Waals surface area contributed by atoms with Crippen molar-refractivity contribution < 1.29 is 14.3 Å². The van der Waals surface area contributed by atoms with E-state index in [0.717, 1.165) is 30.8 Å². The molecule has 13 heteroatoms. The van der Waals surface area contributed by atoms with E-state index >= 15 is 0 Å². The Kier molecular flexibility index (Phi) is 8.39. The van der Waals surface area contributed by atoms with Gasteiger partial charge < -0.3 is 4.74 Å². The lowest BCUT2D eigenvalue weighted by atomic mass is 10.2. The molecule has 0 saturated carbocycles. The lowest BCUT2D eigenvalue weighted by Crippen LogP contribution is -2.27. The normalized spacial score (nSPS) is 14.2. The molecule has 3 aromatic carbocycles. The van der Waals surface area contributed by atoms with E-state index < -0.39 is 0 Å². The average Bonchev–Trinajstić information content (AvgIpc) is 3.69. The minimum atomic E-state index is -0.333. The number of thioether (sulfide) groups is 2. The van der Waals surface area contributed by atoms with Crippen LogP contribution in [-0.2, 0) is 15.3 Å². The molecule has 1 aliphatic rings. The van der Waals surface area contributed by atoms with Crippen LogP contribution in [0.2, 0.25) is 0 Å². The van der Waals surface area contributed by atoms with Crippen LogP contribution >= 0.6 is 58.4 Å². The van der Waals surface area contributed by atoms with E-state index in [0.29, 0.717) is 25.9 Å². The van der Waals surface area contributed by atoms with Crippen LogP contribution in [-0.4, -0.2) is 37.9 Å². The number of aromatic nitrogens is 3. The largest absolute Gasteiger partial charge is 0.484 e. The fourth-order valence-corrected chi connectivity index (χ4v) is 7.89. The summed E-state index contributed by atoms with van der Waals surface area (Å²) in [6, 6.07) is 24.5. The summed E-state index contributed by atoms with van der Waals surface area (Å²) in [5, 5.41) is 12.2. The number of carbonyl (C=O) groups is 2. The van der Waals surface area contributed by atoms with Gasteiger partial charge >= 0.3 is 0 Å². The quantitative estimate of drug-likeness (QED) is 0.106. The van der Waals surface area contributed by atoms with Crippen molar-refractivity contribution in [3.8, 4) is 5.75 Å². The van der Waals surface area contributed by atoms with Crippen LogP contribution in [0.5, 0.6) is 5.75 Å². The number of benzene rings is 3. The molecule has 0 spiro atoms. The summed E-state index contributed by atoms with van der Waals surface area (Å²) in [7, 11) is 0. The van der Waals surface area contributed by atoms with Crippen molar-refractivity contribution in [2.24, 2.45) is 0 Å². The summed E-state index contributed by atoms with van der Waals surface area (Å²) in [5.41, 5.74) is 2.55. The highest BCUT2D eigenvalue weighted by Crippen LogP contribution is 2.36. The van der Waals surface area contributed by atoms with Gasteiger partial charge in [-0.05, 0) is 48.0 Å². The van der Waals surface area contributed by atoms with Crippen LogP contribution in [0.1, 0.15) is 10.6 Å². The summed E-state index contributed by atoms with van der Waals surface area (Å²) >= 11 is 11.2. The number of anilines is 2. The van der Waals surface area contributed by atoms with Gasteiger partial charge in [0.25, 0.3) is 11.8 Å². The van der Waals surface area contributed by atoms with Crippen LogP contribution in [0, 0.1) is 0 Å². The Morgan fingerprint density at radius 2 is 1.78 bits per heavy atom. The minimum Gasteiger partial charge on any atom is -0.484 e. The second kappa shape index (κ2) is 12.5. The highest BCUT2D eigenvalue weighted by atomic mass is 32.2. The van der Waals surface area contributed by atoms with Gasteiger partial charge in [-0.3, -0.25) is 19.8 Å². The molecule has 8 nitrogen and oxygen atoms in total. The Labute approximate surface area is 256 Å². The number of para-hydroxylation sites is 2. The molecule has 1 fully saturated rings. The number of amides is 2. The maximum absolute atomic E-state index is 12.9. The Morgan fingerprint density at radius 1 is 1.00 bits per heavy atom. The number of thiazole rings is 1. The fraction of sp³-hybridized carbons (Fsp3) is 0.0714. The summed E-state index contributed by atoms with van der Waals surface area (Å²) in [6.45, 7) is -0.176. The van der Waals surface area contributed by atoms with Gasteiger partial charge in [0.15, 0.2) is 15.3 Å². The molecule has 204 valence electrons. The third-order valence-electron chi connectivity index (χ3n) is 5.66. The van der Waals surface area contributed by atoms with Crippen molar-refractivity contribution in [3.63, 3.8) is 0 Å². The van der Waals surface area contributed by atoms with Gasteiger partial charge in [-0.15, -0.1) is 21.5 Å². The van der Waals surface area contributed by atoms with Gasteiger partial charge in [-0.2, -0.15) is 0 Å². The molecule has 1 N–H and O–H groups in total. The van der Waals surface area contributed by atoms with Crippen molar-refractivity contribution in [1.82, 2.24) is 15.2 Å². The molecule has 0 aliphatic carbocycles. The number of fused-ring (bicyclic) bond motifs is 1. The molecule has 6 rings (SSSR count). The van der Waals surface area contributed by atoms with Crippen molar-refractivity contribution in [2.45, 2.75) is 10.1 Å². The number of carbonyl (C=O) groups excluding carboxylic acids is 2. The van der Waals surface area contributed by atoms with Crippen LogP contribution in [0.4, 0.5) is 10.8 Å². The highest BCUT2D eigenvalue weighted by Gasteiger charge is 2.33. The molecule has 0 atom stereocenters. The molecule has 3 heterocycles. The number of nitrogens with one attached hydrogen (secondary N) is 1. The van der Waals surface area contributed by atoms with Crippen LogP contribution in [0.25, 0.3) is 16.3 Å². The molecular weight excluding hydrogens is 615 g/mol. The average molecular weight is 634 g/mol. The van der Waals surface area contributed by atoms with Gasteiger partial charge in [0, 0.05) is 0 Å². The number of rotatable bonds is 9. The topological polar surface area (TPSA) is 97.3 Å². The SMILES string of the molecule is O=C(COc1ccc(/C=C2\SC(=S)N(c3ccccc3)C2=O)cc1)Nc1nnc(CSc2nc3ccccc3s2)s1. The zero-order valence-electron chi connectivity index (χ0n) is 21.1. The third-order valence-corrected chi connectivity index (χ3v) is 10.2. The standard InChI is InChI=1S/C28H19N5O3S5/c34-23(30-26-32-31-24(41-26)16-38-27-29-20-8-4-5-9-21(20)39-27)15-36-19-12-10-17(11-13-19)14-22-25(35)33(28(37)40-22)18-6-2-1-3-7-18/h1-14H,15-16H2,(H,30,32,34)/b22-14-. The molecule has 0 radical (unpaired) electrons. The number of hydrogen-bond acceptors (Lipinski definition) is 11. The summed E-state index contributed by atoms with van der Waals surface area (Å²) in [5.74, 6) is 0.657. The van der Waals surface area contributed by atoms with E-state index in [1.165, 1.54) is 28.0 Å². The molecule has 1 saturated heterocycles. The smallest absolute Gasteiger partial charge is 0.270 e. The first-order chi connectivity index (χ1) is 20.0. The Bertz CT molecular complexity index is 1740. The van der Waals surface area contributed by atoms with Crippen LogP contribution in [0.3, 0.4) is 0 Å². The van der Waals surface area contributed by atoms with E-state index in [4.69, 9.17) is 17.0 Å². The zero-order valence-corrected chi connectivity index (χ0v) is 25.1. The predicted octanol–water partition coefficient (Wildman–Crippen LogP) is 6.86. The van der Waals surface area contributed by atoms with E-state index in [-0.39, 0.29) is 18.4 Å². The van der Waals surface area contributed by atoms with E-state index in [9.17, 15) is 9.59 Å². The van der Waals surface area contributed by atoms with Crippen LogP contribution in [0.15, 0.2) is 88.1 Å². The Morgan fingerprint density at radius 3 is 2.59 bits per heavy atom. The second-order valence-corrected chi connectivity index (χ2v) is 13.5. The van der Waals surface area contributed by atoms with Crippen molar-refractivity contribution in [1.29, 1.82) is 0 Å². The van der Waals surface area contributed by atoms with Gasteiger partial charge in [0.2, 0.25) is 5.13 Å². The molecule has 0 bridgehead atoms. The monoisotopic (exact) mass is 633 g/mol. The lowest BCUT2D eigenvalue weighted by Gasteiger charge is -2.13. The van der Waals surface area contributed by atoms with Crippen molar-refractivity contribution in [3.05, 3.63) is 94.3 Å². The molecule has 2 amide bonds. The first-order valence-corrected chi connectivity index (χ1v) is 16.0. The lowest BCUT2D eigenvalue weighted by molar-refractivity contribution is -0.118. The van der Waals surface area contributed by atoms with Crippen molar-refractivity contribution >= 4 is 102 Å². The molecule has 41 heavy (non-hydrogen) atoms. The number of nitrogens with zero attached hydrogens (tertiary/aromatic N) is 4. The third kappa shape index (κ3) is 6.66. The summed E-state index contributed by atoms with van der Waals surface area (Å²) < 4.78 is 8.24. The number of thiocarbonyl (C=S) groups is 1. The summed E-state index contributed by atoms with van der Waals surface area (Å²) in [4.78, 5) is 32.0. The Hall–Kier alpha value is -3.62. The second-order valence-electron chi connectivity index (χ2n) is 8.50. The molecule has 0 unspecified atom stereocenters. The van der Waals surface area contributed by atoms with E-state index in [1.54, 1.807) is 41.3 Å². The Balaban J connectivity index is 0.986. The molecular formula is C28H19N5O3S5. The predicted molar refractivity (Wildman–Crippen MR) is 172 cm³/mol. The molecule has 2 aromatic heterocycles. The van der Waals surface area contributed by atoms with Gasteiger partial charge in [-0.25, -0.2) is 4.98 Å². The maximum Gasteiger partial charge on any atom is 0.270 e. The van der Waals surface area contributed by atoms with Gasteiger partial charge in [0.1, 0.15) is 10.8 Å². The number of hydrogen-bond donors (Lipinski definition) is 1. The first-order valence-electron chi connectivity index (χ1n) is 12.2. The minimum absolute atomic E-state index is 0.154. The van der Waals surface area contributed by atoms with E-state index in [1.807, 2.05) is 60.7 Å². The van der Waals surface area contributed by atoms with Gasteiger partial charge in [0.05, 0.1) is 26.6 Å². The van der Waals surface area contributed by atoms with E-state index in [2.05, 4.69) is 26.6 Å². The molecule has 1 aliphatic heterocycles. The highest BCUT2D eigenvalue weighted by molar-refractivity contribution is 8.27. The summed E-state index contributed by atoms with van der Waals surface area (Å²) in [6.07, 6.45) is 1.79.